The highest BCUT2D eigenvalue weighted by atomic mass is 32.2. The number of hydrogen-bond acceptors (Lipinski definition) is 4. The fourth-order valence-electron chi connectivity index (χ4n) is 2.14. The van der Waals surface area contributed by atoms with E-state index in [1.165, 1.54) is 0 Å². The minimum absolute atomic E-state index is 0.231. The maximum atomic E-state index is 12.2. The van der Waals surface area contributed by atoms with E-state index in [0.29, 0.717) is 19.5 Å². The predicted molar refractivity (Wildman–Crippen MR) is 74.8 cm³/mol. The van der Waals surface area contributed by atoms with Gasteiger partial charge in [0, 0.05) is 18.8 Å². The van der Waals surface area contributed by atoms with Gasteiger partial charge in [-0.2, -0.15) is 0 Å². The zero-order chi connectivity index (χ0) is 13.2. The van der Waals surface area contributed by atoms with Gasteiger partial charge in [0.25, 0.3) is 0 Å². The first kappa shape index (κ1) is 13.4. The number of nitrogens with one attached hydrogen (secondary N) is 1. The molecule has 1 atom stereocenters. The summed E-state index contributed by atoms with van der Waals surface area (Å²) in [6.07, 6.45) is 0.624. The molecule has 5 heteroatoms. The van der Waals surface area contributed by atoms with E-state index in [1.54, 1.807) is 0 Å². The number of hydrogen-bond donors (Lipinski definition) is 1. The lowest BCUT2D eigenvalue weighted by atomic mass is 10.0. The van der Waals surface area contributed by atoms with Crippen molar-refractivity contribution in [3.8, 4) is 0 Å². The van der Waals surface area contributed by atoms with E-state index in [4.69, 9.17) is 0 Å². The number of anilines is 1. The summed E-state index contributed by atoms with van der Waals surface area (Å²) < 4.78 is 24.5. The Bertz CT molecular complexity index is 511. The van der Waals surface area contributed by atoms with Crippen molar-refractivity contribution in [2.45, 2.75) is 11.7 Å². The van der Waals surface area contributed by atoms with Gasteiger partial charge in [0.15, 0.2) is 9.84 Å². The van der Waals surface area contributed by atoms with Gasteiger partial charge in [-0.25, -0.2) is 8.42 Å². The first-order valence-corrected chi connectivity index (χ1v) is 7.88. The SMILES string of the molecule is CN(C)CCS(=O)(=O)C1CNc2ccccc2C1. The minimum Gasteiger partial charge on any atom is -0.384 e. The molecule has 100 valence electrons. The third-order valence-electron chi connectivity index (χ3n) is 3.32. The predicted octanol–water partition coefficient (Wildman–Crippen LogP) is 1.000. The molecular formula is C13H20N2O2S. The van der Waals surface area contributed by atoms with Crippen LogP contribution in [0.2, 0.25) is 0 Å². The summed E-state index contributed by atoms with van der Waals surface area (Å²) in [4.78, 5) is 1.90. The molecule has 0 saturated heterocycles. The topological polar surface area (TPSA) is 49.4 Å². The van der Waals surface area contributed by atoms with E-state index < -0.39 is 9.84 Å². The average molecular weight is 268 g/mol. The zero-order valence-corrected chi connectivity index (χ0v) is 11.7. The summed E-state index contributed by atoms with van der Waals surface area (Å²) in [5.41, 5.74) is 2.17. The van der Waals surface area contributed by atoms with Crippen molar-refractivity contribution in [1.82, 2.24) is 4.90 Å². The van der Waals surface area contributed by atoms with Crippen molar-refractivity contribution in [2.24, 2.45) is 0 Å². The van der Waals surface area contributed by atoms with Gasteiger partial charge < -0.3 is 10.2 Å². The molecule has 2 rings (SSSR count). The molecular weight excluding hydrogens is 248 g/mol. The van der Waals surface area contributed by atoms with Gasteiger partial charge in [-0.15, -0.1) is 0 Å². The molecule has 0 radical (unpaired) electrons. The molecule has 1 aliphatic rings. The quantitative estimate of drug-likeness (QED) is 0.885. The third-order valence-corrected chi connectivity index (χ3v) is 5.42. The number of rotatable bonds is 4. The van der Waals surface area contributed by atoms with E-state index >= 15 is 0 Å². The summed E-state index contributed by atoms with van der Waals surface area (Å²) in [7, 11) is 0.760. The van der Waals surface area contributed by atoms with E-state index in [9.17, 15) is 8.42 Å². The van der Waals surface area contributed by atoms with Crippen molar-refractivity contribution in [1.29, 1.82) is 0 Å². The molecule has 1 aromatic carbocycles. The van der Waals surface area contributed by atoms with Gasteiger partial charge in [0.2, 0.25) is 0 Å². The van der Waals surface area contributed by atoms with Gasteiger partial charge >= 0.3 is 0 Å². The maximum Gasteiger partial charge on any atom is 0.156 e. The highest BCUT2D eigenvalue weighted by molar-refractivity contribution is 7.92. The van der Waals surface area contributed by atoms with Gasteiger partial charge in [-0.3, -0.25) is 0 Å². The lowest BCUT2D eigenvalue weighted by molar-refractivity contribution is 0.431. The summed E-state index contributed by atoms with van der Waals surface area (Å²) in [5, 5.41) is 2.91. The Morgan fingerprint density at radius 1 is 1.33 bits per heavy atom. The van der Waals surface area contributed by atoms with Crippen LogP contribution < -0.4 is 5.32 Å². The number of benzene rings is 1. The highest BCUT2D eigenvalue weighted by Crippen LogP contribution is 2.24. The molecule has 0 aliphatic carbocycles. The van der Waals surface area contributed by atoms with Crippen LogP contribution in [-0.4, -0.2) is 51.5 Å². The van der Waals surface area contributed by atoms with Crippen LogP contribution in [0.3, 0.4) is 0 Å². The van der Waals surface area contributed by atoms with Crippen molar-refractivity contribution in [3.05, 3.63) is 29.8 Å². The molecule has 1 unspecified atom stereocenters. The van der Waals surface area contributed by atoms with E-state index in [1.807, 2.05) is 43.3 Å². The number of para-hydroxylation sites is 1. The first-order valence-electron chi connectivity index (χ1n) is 6.17. The largest absolute Gasteiger partial charge is 0.384 e. The van der Waals surface area contributed by atoms with E-state index in [2.05, 4.69) is 5.32 Å². The van der Waals surface area contributed by atoms with Gasteiger partial charge in [0.1, 0.15) is 0 Å². The van der Waals surface area contributed by atoms with Crippen LogP contribution in [0.5, 0.6) is 0 Å². The second-order valence-electron chi connectivity index (χ2n) is 5.03. The van der Waals surface area contributed by atoms with Crippen LogP contribution in [0.1, 0.15) is 5.56 Å². The second-order valence-corrected chi connectivity index (χ2v) is 7.44. The Hall–Kier alpha value is -1.07. The summed E-state index contributed by atoms with van der Waals surface area (Å²) in [6, 6.07) is 7.91. The standard InChI is InChI=1S/C13H20N2O2S/c1-15(2)7-8-18(16,17)12-9-11-5-3-4-6-13(11)14-10-12/h3-6,12,14H,7-10H2,1-2H3. The maximum absolute atomic E-state index is 12.2. The van der Waals surface area contributed by atoms with Gasteiger partial charge in [-0.1, -0.05) is 18.2 Å². The van der Waals surface area contributed by atoms with Crippen LogP contribution in [0.15, 0.2) is 24.3 Å². The van der Waals surface area contributed by atoms with Crippen molar-refractivity contribution < 1.29 is 8.42 Å². The van der Waals surface area contributed by atoms with Crippen LogP contribution in [0.25, 0.3) is 0 Å². The molecule has 0 saturated carbocycles. The molecule has 0 bridgehead atoms. The molecule has 0 amide bonds. The molecule has 4 nitrogen and oxygen atoms in total. The Balaban J connectivity index is 2.08. The molecule has 1 heterocycles. The van der Waals surface area contributed by atoms with Crippen molar-refractivity contribution in [2.75, 3.05) is 38.3 Å². The normalized spacial score (nSPS) is 19.4. The third kappa shape index (κ3) is 3.03. The number of fused-ring (bicyclic) bond motifs is 1. The Morgan fingerprint density at radius 2 is 2.06 bits per heavy atom. The Morgan fingerprint density at radius 3 is 2.78 bits per heavy atom. The van der Waals surface area contributed by atoms with Crippen molar-refractivity contribution in [3.63, 3.8) is 0 Å². The molecule has 1 aliphatic heterocycles. The first-order chi connectivity index (χ1) is 8.49. The molecule has 0 aromatic heterocycles. The second kappa shape index (κ2) is 5.28. The average Bonchev–Trinajstić information content (AvgIpc) is 2.36. The summed E-state index contributed by atoms with van der Waals surface area (Å²) >= 11 is 0. The molecule has 1 aromatic rings. The number of sulfone groups is 1. The fraction of sp³-hybridized carbons (Fsp3) is 0.538. The van der Waals surface area contributed by atoms with Crippen LogP contribution >= 0.6 is 0 Å². The van der Waals surface area contributed by atoms with Gasteiger partial charge in [0.05, 0.1) is 11.0 Å². The minimum atomic E-state index is -3.03. The highest BCUT2D eigenvalue weighted by Gasteiger charge is 2.29. The monoisotopic (exact) mass is 268 g/mol. The van der Waals surface area contributed by atoms with Crippen LogP contribution in [0, 0.1) is 0 Å². The zero-order valence-electron chi connectivity index (χ0n) is 10.9. The van der Waals surface area contributed by atoms with Crippen LogP contribution in [-0.2, 0) is 16.3 Å². The fourth-order valence-corrected chi connectivity index (χ4v) is 3.87. The Kier molecular flexibility index (Phi) is 3.92. The summed E-state index contributed by atoms with van der Waals surface area (Å²) in [5.74, 6) is 0.231. The Labute approximate surface area is 109 Å². The van der Waals surface area contributed by atoms with E-state index in [0.717, 1.165) is 11.3 Å². The van der Waals surface area contributed by atoms with E-state index in [-0.39, 0.29) is 11.0 Å². The van der Waals surface area contributed by atoms with Crippen LogP contribution in [0.4, 0.5) is 5.69 Å². The smallest absolute Gasteiger partial charge is 0.156 e. The van der Waals surface area contributed by atoms with Gasteiger partial charge in [-0.05, 0) is 32.1 Å². The van der Waals surface area contributed by atoms with Crippen molar-refractivity contribution >= 4 is 15.5 Å². The number of nitrogens with zero attached hydrogens (tertiary/aromatic N) is 1. The lowest BCUT2D eigenvalue weighted by Gasteiger charge is -2.26. The molecule has 0 fully saturated rings. The molecule has 0 spiro atoms. The lowest BCUT2D eigenvalue weighted by Crippen LogP contribution is -2.38. The summed E-state index contributed by atoms with van der Waals surface area (Å²) in [6.45, 7) is 1.10. The molecule has 1 N–H and O–H groups in total. The molecule has 18 heavy (non-hydrogen) atoms.